The van der Waals surface area contributed by atoms with E-state index in [9.17, 15) is 5.11 Å². The van der Waals surface area contributed by atoms with Crippen molar-refractivity contribution in [2.45, 2.75) is 44.6 Å². The lowest BCUT2D eigenvalue weighted by molar-refractivity contribution is 0.163. The van der Waals surface area contributed by atoms with Gasteiger partial charge >= 0.3 is 0 Å². The van der Waals surface area contributed by atoms with Crippen LogP contribution in [0.3, 0.4) is 0 Å². The minimum absolute atomic E-state index is 0.00242. The number of nitrogens with zero attached hydrogens (tertiary/aromatic N) is 1. The summed E-state index contributed by atoms with van der Waals surface area (Å²) in [6, 6.07) is 10.0. The Kier molecular flexibility index (Phi) is 6.22. The van der Waals surface area contributed by atoms with E-state index in [0.29, 0.717) is 0 Å². The van der Waals surface area contributed by atoms with Gasteiger partial charge in [0.15, 0.2) is 0 Å². The zero-order valence-corrected chi connectivity index (χ0v) is 13.3. The second-order valence-electron chi connectivity index (χ2n) is 6.48. The van der Waals surface area contributed by atoms with Crippen LogP contribution in [0.5, 0.6) is 0 Å². The van der Waals surface area contributed by atoms with Gasteiger partial charge in [-0.3, -0.25) is 0 Å². The van der Waals surface area contributed by atoms with Gasteiger partial charge in [-0.2, -0.15) is 0 Å². The summed E-state index contributed by atoms with van der Waals surface area (Å²) >= 11 is 0. The minimum Gasteiger partial charge on any atom is -0.394 e. The molecule has 2 atom stereocenters. The van der Waals surface area contributed by atoms with Gasteiger partial charge in [0.05, 0.1) is 12.1 Å². The number of hydrogen-bond donors (Lipinski definition) is 2. The highest BCUT2D eigenvalue weighted by molar-refractivity contribution is 5.24. The van der Waals surface area contributed by atoms with Crippen molar-refractivity contribution in [3.05, 3.63) is 35.9 Å². The Balaban J connectivity index is 1.91. The summed E-state index contributed by atoms with van der Waals surface area (Å²) in [5, 5.41) is 9.76. The van der Waals surface area contributed by atoms with Crippen LogP contribution >= 0.6 is 0 Å². The summed E-state index contributed by atoms with van der Waals surface area (Å²) in [4.78, 5) is 2.52. The molecule has 3 nitrogen and oxygen atoms in total. The fourth-order valence-electron chi connectivity index (χ4n) is 3.30. The Morgan fingerprint density at radius 3 is 2.67 bits per heavy atom. The Labute approximate surface area is 129 Å². The quantitative estimate of drug-likeness (QED) is 0.847. The highest BCUT2D eigenvalue weighted by Gasteiger charge is 2.27. The normalized spacial score (nSPS) is 23.5. The molecule has 21 heavy (non-hydrogen) atoms. The van der Waals surface area contributed by atoms with Crippen LogP contribution in [-0.4, -0.2) is 36.2 Å². The molecule has 3 N–H and O–H groups in total. The molecule has 1 heterocycles. The average molecular weight is 290 g/mol. The van der Waals surface area contributed by atoms with Gasteiger partial charge in [-0.05, 0) is 50.3 Å². The van der Waals surface area contributed by atoms with Gasteiger partial charge in [0.2, 0.25) is 0 Å². The maximum Gasteiger partial charge on any atom is 0.0656 e. The molecule has 3 heteroatoms. The zero-order valence-electron chi connectivity index (χ0n) is 13.3. The van der Waals surface area contributed by atoms with Crippen molar-refractivity contribution < 1.29 is 5.11 Å². The van der Waals surface area contributed by atoms with E-state index in [4.69, 9.17) is 5.73 Å². The molecule has 1 aromatic rings. The minimum atomic E-state index is -0.613. The monoisotopic (exact) mass is 290 g/mol. The number of hydrogen-bond acceptors (Lipinski definition) is 3. The predicted molar refractivity (Wildman–Crippen MR) is 88.1 cm³/mol. The van der Waals surface area contributed by atoms with Crippen molar-refractivity contribution in [1.29, 1.82) is 0 Å². The van der Waals surface area contributed by atoms with Crippen molar-refractivity contribution in [3.8, 4) is 0 Å². The first-order valence-corrected chi connectivity index (χ1v) is 8.35. The molecular weight excluding hydrogens is 260 g/mol. The fourth-order valence-corrected chi connectivity index (χ4v) is 3.30. The smallest absolute Gasteiger partial charge is 0.0656 e. The summed E-state index contributed by atoms with van der Waals surface area (Å²) in [5.74, 6) is 0.893. The van der Waals surface area contributed by atoms with Crippen molar-refractivity contribution in [2.24, 2.45) is 11.7 Å². The van der Waals surface area contributed by atoms with Crippen molar-refractivity contribution >= 4 is 0 Å². The summed E-state index contributed by atoms with van der Waals surface area (Å²) in [6.07, 6.45) is 6.07. The van der Waals surface area contributed by atoms with Crippen LogP contribution in [0.25, 0.3) is 0 Å². The Morgan fingerprint density at radius 2 is 2.00 bits per heavy atom. The molecule has 0 amide bonds. The van der Waals surface area contributed by atoms with Gasteiger partial charge in [-0.25, -0.2) is 0 Å². The first-order chi connectivity index (χ1) is 10.2. The van der Waals surface area contributed by atoms with Gasteiger partial charge in [0.25, 0.3) is 0 Å². The van der Waals surface area contributed by atoms with Crippen LogP contribution in [0, 0.1) is 5.92 Å². The summed E-state index contributed by atoms with van der Waals surface area (Å²) in [6.45, 7) is 5.62. The van der Waals surface area contributed by atoms with Gasteiger partial charge in [0.1, 0.15) is 0 Å². The lowest BCUT2D eigenvalue weighted by atomic mass is 9.88. The van der Waals surface area contributed by atoms with Gasteiger partial charge in [-0.15, -0.1) is 0 Å². The molecule has 0 aromatic heterocycles. The summed E-state index contributed by atoms with van der Waals surface area (Å²) in [7, 11) is 0. The molecule has 0 saturated carbocycles. The van der Waals surface area contributed by atoms with Gasteiger partial charge in [-0.1, -0.05) is 43.7 Å². The third-order valence-electron chi connectivity index (χ3n) is 5.02. The van der Waals surface area contributed by atoms with Crippen LogP contribution in [0.15, 0.2) is 30.3 Å². The SMILES string of the molecule is CCC1CCCN(CCC(N)(CO)c2ccccc2)CC1. The summed E-state index contributed by atoms with van der Waals surface area (Å²) in [5.41, 5.74) is 6.87. The summed E-state index contributed by atoms with van der Waals surface area (Å²) < 4.78 is 0. The van der Waals surface area contributed by atoms with Crippen molar-refractivity contribution in [1.82, 2.24) is 4.90 Å². The first-order valence-electron chi connectivity index (χ1n) is 8.35. The molecule has 1 aliphatic heterocycles. The number of rotatable bonds is 6. The molecule has 0 radical (unpaired) electrons. The van der Waals surface area contributed by atoms with Crippen molar-refractivity contribution in [3.63, 3.8) is 0 Å². The molecule has 2 unspecified atom stereocenters. The average Bonchev–Trinajstić information content (AvgIpc) is 2.78. The Morgan fingerprint density at radius 1 is 1.24 bits per heavy atom. The molecule has 0 bridgehead atoms. The Bertz CT molecular complexity index is 409. The highest BCUT2D eigenvalue weighted by atomic mass is 16.3. The van der Waals surface area contributed by atoms with E-state index in [1.165, 1.54) is 38.8 Å². The molecule has 1 saturated heterocycles. The van der Waals surface area contributed by atoms with E-state index in [0.717, 1.165) is 24.4 Å². The molecular formula is C18H30N2O. The predicted octanol–water partition coefficient (Wildman–Crippen LogP) is 2.74. The van der Waals surface area contributed by atoms with E-state index in [1.54, 1.807) is 0 Å². The van der Waals surface area contributed by atoms with Crippen LogP contribution in [0.1, 0.15) is 44.6 Å². The second kappa shape index (κ2) is 7.92. The number of nitrogens with two attached hydrogens (primary N) is 1. The Hall–Kier alpha value is -0.900. The van der Waals surface area contributed by atoms with E-state index in [1.807, 2.05) is 30.3 Å². The van der Waals surface area contributed by atoms with Crippen LogP contribution < -0.4 is 5.73 Å². The topological polar surface area (TPSA) is 49.5 Å². The standard InChI is InChI=1S/C18H30N2O/c1-2-16-7-6-12-20(13-10-16)14-11-18(19,15-21)17-8-4-3-5-9-17/h3-5,8-9,16,21H,2,6-7,10-15,19H2,1H3. The van der Waals surface area contributed by atoms with E-state index in [-0.39, 0.29) is 6.61 Å². The number of aliphatic hydroxyl groups is 1. The van der Waals surface area contributed by atoms with Crippen molar-refractivity contribution in [2.75, 3.05) is 26.2 Å². The molecule has 1 aromatic carbocycles. The number of aliphatic hydroxyl groups excluding tert-OH is 1. The molecule has 118 valence electrons. The zero-order chi connectivity index (χ0) is 15.1. The van der Waals surface area contributed by atoms with Crippen LogP contribution in [0.2, 0.25) is 0 Å². The lowest BCUT2D eigenvalue weighted by Crippen LogP contribution is -2.44. The van der Waals surface area contributed by atoms with Crippen LogP contribution in [-0.2, 0) is 5.54 Å². The molecule has 1 aliphatic rings. The molecule has 0 aliphatic carbocycles. The maximum absolute atomic E-state index is 9.76. The molecule has 0 spiro atoms. The van der Waals surface area contributed by atoms with Gasteiger partial charge < -0.3 is 15.7 Å². The van der Waals surface area contributed by atoms with E-state index >= 15 is 0 Å². The number of benzene rings is 1. The third kappa shape index (κ3) is 4.53. The van der Waals surface area contributed by atoms with E-state index < -0.39 is 5.54 Å². The van der Waals surface area contributed by atoms with E-state index in [2.05, 4.69) is 11.8 Å². The molecule has 1 fully saturated rings. The highest BCUT2D eigenvalue weighted by Crippen LogP contribution is 2.24. The van der Waals surface area contributed by atoms with Crippen LogP contribution in [0.4, 0.5) is 0 Å². The lowest BCUT2D eigenvalue weighted by Gasteiger charge is -2.31. The van der Waals surface area contributed by atoms with Gasteiger partial charge in [0, 0.05) is 6.54 Å². The fraction of sp³-hybridized carbons (Fsp3) is 0.667. The maximum atomic E-state index is 9.76. The third-order valence-corrected chi connectivity index (χ3v) is 5.02. The number of likely N-dealkylation sites (tertiary alicyclic amines) is 1. The largest absolute Gasteiger partial charge is 0.394 e. The second-order valence-corrected chi connectivity index (χ2v) is 6.48. The molecule has 2 rings (SSSR count). The first kappa shape index (κ1) is 16.5.